The molecule has 2 N–H and O–H groups in total. The summed E-state index contributed by atoms with van der Waals surface area (Å²) in [5.74, 6) is -0.472. The smallest absolute Gasteiger partial charge is 0.311 e. The Morgan fingerprint density at radius 2 is 2.05 bits per heavy atom. The van der Waals surface area contributed by atoms with E-state index >= 15 is 0 Å². The number of aliphatic carboxylic acids is 1. The summed E-state index contributed by atoms with van der Waals surface area (Å²) in [6, 6.07) is 7.43. The lowest BCUT2D eigenvalue weighted by atomic mass is 10.1. The van der Waals surface area contributed by atoms with Crippen molar-refractivity contribution in [1.82, 2.24) is 5.32 Å². The standard InChI is InChI=1S/C14H17NO4/c1-10-4-2-3-5-11(10)19-8-12(16)15-9-14(6-7-14)13(17)18/h2-5H,6-9H2,1H3,(H,15,16)(H,17,18). The Hall–Kier alpha value is -2.04. The zero-order chi connectivity index (χ0) is 13.9. The molecule has 0 bridgehead atoms. The first-order valence-corrected chi connectivity index (χ1v) is 6.22. The maximum Gasteiger partial charge on any atom is 0.311 e. The zero-order valence-electron chi connectivity index (χ0n) is 10.8. The maximum absolute atomic E-state index is 11.6. The van der Waals surface area contributed by atoms with Crippen LogP contribution < -0.4 is 10.1 Å². The quantitative estimate of drug-likeness (QED) is 0.812. The number of hydrogen-bond donors (Lipinski definition) is 2. The second kappa shape index (κ2) is 5.30. The number of ether oxygens (including phenoxy) is 1. The van der Waals surface area contributed by atoms with E-state index in [1.807, 2.05) is 25.1 Å². The molecule has 1 aromatic carbocycles. The number of para-hydroxylation sites is 1. The number of carboxylic acids is 1. The summed E-state index contributed by atoms with van der Waals surface area (Å²) < 4.78 is 5.39. The number of nitrogens with one attached hydrogen (secondary N) is 1. The summed E-state index contributed by atoms with van der Waals surface area (Å²) in [6.45, 7) is 1.98. The second-order valence-electron chi connectivity index (χ2n) is 4.92. The van der Waals surface area contributed by atoms with Crippen molar-refractivity contribution in [2.24, 2.45) is 5.41 Å². The van der Waals surface area contributed by atoms with Crippen molar-refractivity contribution in [3.63, 3.8) is 0 Å². The molecular formula is C14H17NO4. The molecular weight excluding hydrogens is 246 g/mol. The third-order valence-electron chi connectivity index (χ3n) is 3.38. The molecule has 1 aromatic rings. The molecule has 0 aromatic heterocycles. The van der Waals surface area contributed by atoms with Gasteiger partial charge in [-0.25, -0.2) is 0 Å². The molecule has 0 aliphatic heterocycles. The topological polar surface area (TPSA) is 75.6 Å². The summed E-state index contributed by atoms with van der Waals surface area (Å²) in [7, 11) is 0. The molecule has 0 unspecified atom stereocenters. The second-order valence-corrected chi connectivity index (χ2v) is 4.92. The fourth-order valence-corrected chi connectivity index (χ4v) is 1.80. The number of carbonyl (C=O) groups excluding carboxylic acids is 1. The van der Waals surface area contributed by atoms with Crippen LogP contribution in [0.4, 0.5) is 0 Å². The molecule has 19 heavy (non-hydrogen) atoms. The van der Waals surface area contributed by atoms with E-state index < -0.39 is 11.4 Å². The molecule has 0 radical (unpaired) electrons. The first-order valence-electron chi connectivity index (χ1n) is 6.22. The van der Waals surface area contributed by atoms with Crippen LogP contribution in [0.1, 0.15) is 18.4 Å². The first-order chi connectivity index (χ1) is 9.03. The predicted molar refractivity (Wildman–Crippen MR) is 69.0 cm³/mol. The van der Waals surface area contributed by atoms with Gasteiger partial charge in [-0.3, -0.25) is 9.59 Å². The van der Waals surface area contributed by atoms with Crippen LogP contribution in [-0.4, -0.2) is 30.1 Å². The molecule has 1 aliphatic carbocycles. The van der Waals surface area contributed by atoms with Gasteiger partial charge in [0.1, 0.15) is 5.75 Å². The van der Waals surface area contributed by atoms with Crippen LogP contribution in [0.25, 0.3) is 0 Å². The number of amides is 1. The average molecular weight is 263 g/mol. The lowest BCUT2D eigenvalue weighted by molar-refractivity contribution is -0.143. The van der Waals surface area contributed by atoms with Crippen molar-refractivity contribution in [3.05, 3.63) is 29.8 Å². The largest absolute Gasteiger partial charge is 0.484 e. The third-order valence-corrected chi connectivity index (χ3v) is 3.38. The highest BCUT2D eigenvalue weighted by Crippen LogP contribution is 2.45. The highest BCUT2D eigenvalue weighted by molar-refractivity contribution is 5.81. The number of rotatable bonds is 6. The molecule has 0 saturated heterocycles. The van der Waals surface area contributed by atoms with E-state index in [2.05, 4.69) is 5.32 Å². The zero-order valence-corrected chi connectivity index (χ0v) is 10.8. The van der Waals surface area contributed by atoms with Crippen LogP contribution in [-0.2, 0) is 9.59 Å². The van der Waals surface area contributed by atoms with E-state index in [1.54, 1.807) is 6.07 Å². The summed E-state index contributed by atoms with van der Waals surface area (Å²) in [5, 5.41) is 11.6. The Morgan fingerprint density at radius 3 is 2.63 bits per heavy atom. The Bertz CT molecular complexity index is 494. The van der Waals surface area contributed by atoms with Crippen molar-refractivity contribution < 1.29 is 19.4 Å². The van der Waals surface area contributed by atoms with Gasteiger partial charge in [0.2, 0.25) is 0 Å². The fourth-order valence-electron chi connectivity index (χ4n) is 1.80. The molecule has 0 atom stereocenters. The first kappa shape index (κ1) is 13.4. The minimum atomic E-state index is -0.840. The van der Waals surface area contributed by atoms with Crippen molar-refractivity contribution >= 4 is 11.9 Å². The molecule has 2 rings (SSSR count). The third kappa shape index (κ3) is 3.24. The summed E-state index contributed by atoms with van der Waals surface area (Å²) in [5.41, 5.74) is 0.220. The van der Waals surface area contributed by atoms with Gasteiger partial charge < -0.3 is 15.2 Å². The van der Waals surface area contributed by atoms with Crippen LogP contribution in [0, 0.1) is 12.3 Å². The molecule has 1 saturated carbocycles. The van der Waals surface area contributed by atoms with Crippen LogP contribution in [0.5, 0.6) is 5.75 Å². The van der Waals surface area contributed by atoms with Gasteiger partial charge in [0.15, 0.2) is 6.61 Å². The minimum absolute atomic E-state index is 0.0967. The van der Waals surface area contributed by atoms with Crippen LogP contribution in [0.15, 0.2) is 24.3 Å². The van der Waals surface area contributed by atoms with E-state index in [1.165, 1.54) is 0 Å². The van der Waals surface area contributed by atoms with Gasteiger partial charge in [0.05, 0.1) is 5.41 Å². The summed E-state index contributed by atoms with van der Waals surface area (Å²) >= 11 is 0. The molecule has 0 heterocycles. The van der Waals surface area contributed by atoms with Gasteiger partial charge in [-0.15, -0.1) is 0 Å². The van der Waals surface area contributed by atoms with Crippen LogP contribution >= 0.6 is 0 Å². The summed E-state index contributed by atoms with van der Waals surface area (Å²) in [6.07, 6.45) is 1.25. The van der Waals surface area contributed by atoms with Gasteiger partial charge in [-0.1, -0.05) is 18.2 Å². The monoisotopic (exact) mass is 263 g/mol. The van der Waals surface area contributed by atoms with Gasteiger partial charge in [-0.2, -0.15) is 0 Å². The van der Waals surface area contributed by atoms with Crippen molar-refractivity contribution in [2.75, 3.05) is 13.2 Å². The lowest BCUT2D eigenvalue weighted by Crippen LogP contribution is -2.36. The Morgan fingerprint density at radius 1 is 1.37 bits per heavy atom. The Balaban J connectivity index is 1.77. The van der Waals surface area contributed by atoms with E-state index in [4.69, 9.17) is 9.84 Å². The van der Waals surface area contributed by atoms with Crippen molar-refractivity contribution in [3.8, 4) is 5.75 Å². The number of carbonyl (C=O) groups is 2. The van der Waals surface area contributed by atoms with Crippen LogP contribution in [0.3, 0.4) is 0 Å². The highest BCUT2D eigenvalue weighted by Gasteiger charge is 2.50. The van der Waals surface area contributed by atoms with Gasteiger partial charge in [0.25, 0.3) is 5.91 Å². The fraction of sp³-hybridized carbons (Fsp3) is 0.429. The molecule has 1 amide bonds. The maximum atomic E-state index is 11.6. The van der Waals surface area contributed by atoms with E-state index in [0.29, 0.717) is 18.6 Å². The van der Waals surface area contributed by atoms with E-state index in [-0.39, 0.29) is 19.1 Å². The lowest BCUT2D eigenvalue weighted by Gasteiger charge is -2.12. The SMILES string of the molecule is Cc1ccccc1OCC(=O)NCC1(C(=O)O)CC1. The van der Waals surface area contributed by atoms with Crippen LogP contribution in [0.2, 0.25) is 0 Å². The van der Waals surface area contributed by atoms with Gasteiger partial charge >= 0.3 is 5.97 Å². The Kier molecular flexibility index (Phi) is 3.74. The van der Waals surface area contributed by atoms with Gasteiger partial charge in [0, 0.05) is 6.54 Å². The van der Waals surface area contributed by atoms with Crippen molar-refractivity contribution in [1.29, 1.82) is 0 Å². The minimum Gasteiger partial charge on any atom is -0.484 e. The summed E-state index contributed by atoms with van der Waals surface area (Å²) in [4.78, 5) is 22.5. The number of aryl methyl sites for hydroxylation is 1. The number of benzene rings is 1. The molecule has 5 heteroatoms. The number of carboxylic acid groups (broad SMARTS) is 1. The molecule has 1 fully saturated rings. The molecule has 0 spiro atoms. The normalized spacial score (nSPS) is 15.6. The predicted octanol–water partition coefficient (Wildman–Crippen LogP) is 1.35. The van der Waals surface area contributed by atoms with Gasteiger partial charge in [-0.05, 0) is 31.4 Å². The molecule has 102 valence electrons. The van der Waals surface area contributed by atoms with E-state index in [0.717, 1.165) is 5.56 Å². The van der Waals surface area contributed by atoms with E-state index in [9.17, 15) is 9.59 Å². The Labute approximate surface area is 111 Å². The van der Waals surface area contributed by atoms with Crippen molar-refractivity contribution in [2.45, 2.75) is 19.8 Å². The molecule has 5 nitrogen and oxygen atoms in total. The molecule has 1 aliphatic rings. The number of hydrogen-bond acceptors (Lipinski definition) is 3. The highest BCUT2D eigenvalue weighted by atomic mass is 16.5. The average Bonchev–Trinajstić information content (AvgIpc) is 3.16.